The molecule has 0 heterocycles. The van der Waals surface area contributed by atoms with Crippen LogP contribution in [0, 0.1) is 38.7 Å². The first-order valence-corrected chi connectivity index (χ1v) is 7.61. The van der Waals surface area contributed by atoms with Crippen LogP contribution in [0.5, 0.6) is 0 Å². The molecular formula is C17H22N2O2. The van der Waals surface area contributed by atoms with Gasteiger partial charge in [0.25, 0.3) is 5.69 Å². The maximum absolute atomic E-state index is 11.1. The molecule has 0 aromatic heterocycles. The molecule has 112 valence electrons. The van der Waals surface area contributed by atoms with Gasteiger partial charge in [0.15, 0.2) is 0 Å². The zero-order valence-electron chi connectivity index (χ0n) is 12.7. The Balaban J connectivity index is 2.18. The van der Waals surface area contributed by atoms with E-state index in [1.807, 2.05) is 6.07 Å². The molecule has 0 unspecified atom stereocenters. The van der Waals surface area contributed by atoms with Gasteiger partial charge in [0, 0.05) is 11.6 Å². The zero-order valence-corrected chi connectivity index (χ0v) is 12.7. The number of benzene rings is 1. The highest BCUT2D eigenvalue weighted by Gasteiger charge is 2.37. The van der Waals surface area contributed by atoms with Crippen molar-refractivity contribution in [2.24, 2.45) is 17.3 Å². The van der Waals surface area contributed by atoms with E-state index in [2.05, 4.69) is 19.9 Å². The van der Waals surface area contributed by atoms with E-state index in [0.29, 0.717) is 23.8 Å². The molecule has 2 rings (SSSR count). The van der Waals surface area contributed by atoms with Crippen LogP contribution in [-0.4, -0.2) is 4.92 Å². The smallest absolute Gasteiger partial charge is 0.258 e. The van der Waals surface area contributed by atoms with E-state index in [0.717, 1.165) is 25.7 Å². The van der Waals surface area contributed by atoms with Crippen LogP contribution in [0.3, 0.4) is 0 Å². The standard InChI is InChI=1S/C17H22N2O2/c1-13(2)14-7-9-17(12-18,10-8-14)11-15-5-3-4-6-16(15)19(20)21/h3-6,13-14H,7-11H2,1-2H3. The maximum atomic E-state index is 11.1. The van der Waals surface area contributed by atoms with Gasteiger partial charge in [0.1, 0.15) is 0 Å². The highest BCUT2D eigenvalue weighted by Crippen LogP contribution is 2.44. The van der Waals surface area contributed by atoms with Crippen LogP contribution >= 0.6 is 0 Å². The molecule has 1 aliphatic rings. The summed E-state index contributed by atoms with van der Waals surface area (Å²) in [5.74, 6) is 1.32. The van der Waals surface area contributed by atoms with Crippen molar-refractivity contribution in [3.63, 3.8) is 0 Å². The van der Waals surface area contributed by atoms with Crippen LogP contribution in [-0.2, 0) is 6.42 Å². The molecule has 0 amide bonds. The number of hydrogen-bond acceptors (Lipinski definition) is 3. The van der Waals surface area contributed by atoms with Gasteiger partial charge in [-0.25, -0.2) is 0 Å². The highest BCUT2D eigenvalue weighted by molar-refractivity contribution is 5.41. The first-order valence-electron chi connectivity index (χ1n) is 7.61. The lowest BCUT2D eigenvalue weighted by Crippen LogP contribution is -2.30. The summed E-state index contributed by atoms with van der Waals surface area (Å²) in [7, 11) is 0. The SMILES string of the molecule is CC(C)C1CCC(C#N)(Cc2ccccc2[N+](=O)[O-])CC1. The van der Waals surface area contributed by atoms with Crippen LogP contribution in [0.25, 0.3) is 0 Å². The monoisotopic (exact) mass is 286 g/mol. The Morgan fingerprint density at radius 3 is 2.52 bits per heavy atom. The fourth-order valence-corrected chi connectivity index (χ4v) is 3.39. The number of nitrogens with zero attached hydrogens (tertiary/aromatic N) is 2. The molecule has 1 fully saturated rings. The molecular weight excluding hydrogens is 264 g/mol. The Morgan fingerprint density at radius 2 is 2.00 bits per heavy atom. The van der Waals surface area contributed by atoms with Crippen LogP contribution in [0.1, 0.15) is 45.1 Å². The molecule has 1 saturated carbocycles. The summed E-state index contributed by atoms with van der Waals surface area (Å²) >= 11 is 0. The Kier molecular flexibility index (Phi) is 4.62. The van der Waals surface area contributed by atoms with Gasteiger partial charge < -0.3 is 0 Å². The molecule has 4 heteroatoms. The summed E-state index contributed by atoms with van der Waals surface area (Å²) in [5.41, 5.74) is 0.391. The van der Waals surface area contributed by atoms with Crippen molar-refractivity contribution < 1.29 is 4.92 Å². The largest absolute Gasteiger partial charge is 0.272 e. The van der Waals surface area contributed by atoms with E-state index in [-0.39, 0.29) is 10.6 Å². The molecule has 0 bridgehead atoms. The second-order valence-corrected chi connectivity index (χ2v) is 6.54. The number of hydrogen-bond donors (Lipinski definition) is 0. The number of para-hydroxylation sites is 1. The van der Waals surface area contributed by atoms with Crippen LogP contribution in [0.2, 0.25) is 0 Å². The van der Waals surface area contributed by atoms with Gasteiger partial charge in [-0.05, 0) is 43.9 Å². The van der Waals surface area contributed by atoms with Gasteiger partial charge in [0.2, 0.25) is 0 Å². The Hall–Kier alpha value is -1.89. The minimum Gasteiger partial charge on any atom is -0.258 e. The summed E-state index contributed by atoms with van der Waals surface area (Å²) in [4.78, 5) is 10.8. The lowest BCUT2D eigenvalue weighted by molar-refractivity contribution is -0.385. The van der Waals surface area contributed by atoms with Gasteiger partial charge in [-0.15, -0.1) is 0 Å². The molecule has 1 aromatic carbocycles. The summed E-state index contributed by atoms with van der Waals surface area (Å²) in [5, 5.41) is 20.8. The fraction of sp³-hybridized carbons (Fsp3) is 0.588. The van der Waals surface area contributed by atoms with E-state index >= 15 is 0 Å². The molecule has 0 radical (unpaired) electrons. The average molecular weight is 286 g/mol. The molecule has 0 atom stereocenters. The first kappa shape index (κ1) is 15.5. The minimum atomic E-state index is -0.433. The molecule has 0 N–H and O–H groups in total. The molecule has 0 saturated heterocycles. The molecule has 0 spiro atoms. The van der Waals surface area contributed by atoms with Crippen molar-refractivity contribution in [2.45, 2.75) is 46.0 Å². The predicted molar refractivity (Wildman–Crippen MR) is 81.6 cm³/mol. The average Bonchev–Trinajstić information content (AvgIpc) is 2.48. The van der Waals surface area contributed by atoms with E-state index in [1.54, 1.807) is 12.1 Å². The van der Waals surface area contributed by atoms with Crippen molar-refractivity contribution in [1.82, 2.24) is 0 Å². The summed E-state index contributed by atoms with van der Waals surface area (Å²) in [6.45, 7) is 4.46. The third kappa shape index (κ3) is 3.41. The second kappa shape index (κ2) is 6.26. The first-order chi connectivity index (χ1) is 9.97. The minimum absolute atomic E-state index is 0.137. The summed E-state index contributed by atoms with van der Waals surface area (Å²) in [6, 6.07) is 9.27. The predicted octanol–water partition coefficient (Wildman–Crippen LogP) is 4.49. The topological polar surface area (TPSA) is 66.9 Å². The number of nitro groups is 1. The number of rotatable bonds is 4. The number of nitro benzene ring substituents is 1. The summed E-state index contributed by atoms with van der Waals surface area (Å²) in [6.07, 6.45) is 4.28. The van der Waals surface area contributed by atoms with Crippen molar-refractivity contribution in [1.29, 1.82) is 5.26 Å². The van der Waals surface area contributed by atoms with Crippen molar-refractivity contribution in [2.75, 3.05) is 0 Å². The van der Waals surface area contributed by atoms with Crippen LogP contribution < -0.4 is 0 Å². The summed E-state index contributed by atoms with van der Waals surface area (Å²) < 4.78 is 0. The van der Waals surface area contributed by atoms with E-state index in [9.17, 15) is 15.4 Å². The van der Waals surface area contributed by atoms with E-state index in [1.165, 1.54) is 6.07 Å². The van der Waals surface area contributed by atoms with Gasteiger partial charge in [0.05, 0.1) is 16.4 Å². The zero-order chi connectivity index (χ0) is 15.5. The fourth-order valence-electron chi connectivity index (χ4n) is 3.39. The second-order valence-electron chi connectivity index (χ2n) is 6.54. The molecule has 1 aliphatic carbocycles. The van der Waals surface area contributed by atoms with Crippen molar-refractivity contribution >= 4 is 5.69 Å². The lowest BCUT2D eigenvalue weighted by atomic mass is 9.66. The lowest BCUT2D eigenvalue weighted by Gasteiger charge is -2.36. The van der Waals surface area contributed by atoms with Crippen LogP contribution in [0.15, 0.2) is 24.3 Å². The van der Waals surface area contributed by atoms with Crippen molar-refractivity contribution in [3.8, 4) is 6.07 Å². The highest BCUT2D eigenvalue weighted by atomic mass is 16.6. The number of nitriles is 1. The normalized spacial score (nSPS) is 25.5. The Morgan fingerprint density at radius 1 is 1.38 bits per heavy atom. The quantitative estimate of drug-likeness (QED) is 0.604. The van der Waals surface area contributed by atoms with Gasteiger partial charge in [-0.1, -0.05) is 32.0 Å². The third-order valence-corrected chi connectivity index (χ3v) is 4.88. The van der Waals surface area contributed by atoms with E-state index < -0.39 is 5.41 Å². The molecule has 4 nitrogen and oxygen atoms in total. The molecule has 0 aliphatic heterocycles. The van der Waals surface area contributed by atoms with Crippen LogP contribution in [0.4, 0.5) is 5.69 Å². The van der Waals surface area contributed by atoms with Gasteiger partial charge >= 0.3 is 0 Å². The maximum Gasteiger partial charge on any atom is 0.272 e. The van der Waals surface area contributed by atoms with E-state index in [4.69, 9.17) is 0 Å². The molecule has 1 aromatic rings. The van der Waals surface area contributed by atoms with Crippen molar-refractivity contribution in [3.05, 3.63) is 39.9 Å². The Labute approximate surface area is 125 Å². The van der Waals surface area contributed by atoms with Gasteiger partial charge in [-0.3, -0.25) is 10.1 Å². The third-order valence-electron chi connectivity index (χ3n) is 4.88. The molecule has 21 heavy (non-hydrogen) atoms. The Bertz CT molecular complexity index is 552. The van der Waals surface area contributed by atoms with Gasteiger partial charge in [-0.2, -0.15) is 5.26 Å².